The Morgan fingerprint density at radius 1 is 1.32 bits per heavy atom. The van der Waals surface area contributed by atoms with E-state index >= 15 is 0 Å². The third-order valence-electron chi connectivity index (χ3n) is 3.29. The first kappa shape index (κ1) is 13.8. The highest BCUT2D eigenvalue weighted by Crippen LogP contribution is 2.14. The number of hydrogen-bond acceptors (Lipinski definition) is 4. The molecule has 1 saturated heterocycles. The van der Waals surface area contributed by atoms with E-state index in [1.165, 1.54) is 6.07 Å². The lowest BCUT2D eigenvalue weighted by molar-refractivity contribution is 0.0948. The van der Waals surface area contributed by atoms with Crippen LogP contribution in [0.2, 0.25) is 0 Å². The van der Waals surface area contributed by atoms with E-state index in [0.29, 0.717) is 12.1 Å². The number of carbonyl (C=O) groups excluding carboxylic acids is 1. The quantitative estimate of drug-likeness (QED) is 0.674. The van der Waals surface area contributed by atoms with Gasteiger partial charge in [-0.05, 0) is 25.1 Å². The summed E-state index contributed by atoms with van der Waals surface area (Å²) >= 11 is 0. The molecule has 0 saturated carbocycles. The first-order valence-electron chi connectivity index (χ1n) is 6.76. The number of phenolic OH excluding ortho intramolecular Hbond substituents is 1. The van der Waals surface area contributed by atoms with Crippen LogP contribution in [0, 0.1) is 0 Å². The highest BCUT2D eigenvalue weighted by molar-refractivity contribution is 5.96. The van der Waals surface area contributed by atoms with Crippen LogP contribution in [-0.4, -0.2) is 55.2 Å². The number of nitrogens with one attached hydrogen (secondary N) is 2. The SMILES string of the molecule is O=C(NCCCN1CCNCC1)c1ccccc1O. The van der Waals surface area contributed by atoms with E-state index < -0.39 is 0 Å². The number of para-hydroxylation sites is 1. The summed E-state index contributed by atoms with van der Waals surface area (Å²) < 4.78 is 0. The minimum Gasteiger partial charge on any atom is -0.507 e. The molecule has 2 rings (SSSR count). The van der Waals surface area contributed by atoms with Gasteiger partial charge in [0.2, 0.25) is 0 Å². The third-order valence-corrected chi connectivity index (χ3v) is 3.29. The predicted octanol–water partition coefficient (Wildman–Crippen LogP) is 0.417. The number of phenols is 1. The van der Waals surface area contributed by atoms with Crippen molar-refractivity contribution in [3.8, 4) is 5.75 Å². The Balaban J connectivity index is 1.68. The van der Waals surface area contributed by atoms with Crippen molar-refractivity contribution < 1.29 is 9.90 Å². The molecule has 1 fully saturated rings. The number of nitrogens with zero attached hydrogens (tertiary/aromatic N) is 1. The number of benzene rings is 1. The summed E-state index contributed by atoms with van der Waals surface area (Å²) in [4.78, 5) is 14.2. The zero-order chi connectivity index (χ0) is 13.5. The van der Waals surface area contributed by atoms with Crippen molar-refractivity contribution >= 4 is 5.91 Å². The van der Waals surface area contributed by atoms with Crippen LogP contribution in [0.5, 0.6) is 5.75 Å². The molecule has 19 heavy (non-hydrogen) atoms. The topological polar surface area (TPSA) is 64.6 Å². The molecule has 5 nitrogen and oxygen atoms in total. The fraction of sp³-hybridized carbons (Fsp3) is 0.500. The fourth-order valence-electron chi connectivity index (χ4n) is 2.20. The molecule has 3 N–H and O–H groups in total. The van der Waals surface area contributed by atoms with Crippen molar-refractivity contribution in [1.82, 2.24) is 15.5 Å². The number of amides is 1. The molecule has 1 aromatic rings. The van der Waals surface area contributed by atoms with Crippen molar-refractivity contribution in [3.63, 3.8) is 0 Å². The van der Waals surface area contributed by atoms with Crippen LogP contribution in [0.15, 0.2) is 24.3 Å². The van der Waals surface area contributed by atoms with Crippen molar-refractivity contribution in [2.75, 3.05) is 39.3 Å². The predicted molar refractivity (Wildman–Crippen MR) is 74.4 cm³/mol. The van der Waals surface area contributed by atoms with Crippen molar-refractivity contribution in [3.05, 3.63) is 29.8 Å². The molecule has 0 atom stereocenters. The second kappa shape index (κ2) is 7.11. The summed E-state index contributed by atoms with van der Waals surface area (Å²) in [5, 5.41) is 15.7. The number of piperazine rings is 1. The van der Waals surface area contributed by atoms with Crippen LogP contribution in [-0.2, 0) is 0 Å². The van der Waals surface area contributed by atoms with Gasteiger partial charge in [-0.3, -0.25) is 4.79 Å². The van der Waals surface area contributed by atoms with Crippen LogP contribution in [0.1, 0.15) is 16.8 Å². The van der Waals surface area contributed by atoms with Crippen molar-refractivity contribution in [2.24, 2.45) is 0 Å². The second-order valence-electron chi connectivity index (χ2n) is 4.72. The number of rotatable bonds is 5. The Kier molecular flexibility index (Phi) is 5.18. The fourth-order valence-corrected chi connectivity index (χ4v) is 2.20. The lowest BCUT2D eigenvalue weighted by atomic mass is 10.2. The minimum absolute atomic E-state index is 0.0297. The van der Waals surface area contributed by atoms with Crippen molar-refractivity contribution in [1.29, 1.82) is 0 Å². The van der Waals surface area contributed by atoms with E-state index in [0.717, 1.165) is 39.1 Å². The van der Waals surface area contributed by atoms with Gasteiger partial charge in [0.05, 0.1) is 5.56 Å². The van der Waals surface area contributed by atoms with Crippen molar-refractivity contribution in [2.45, 2.75) is 6.42 Å². The molecule has 1 aliphatic rings. The summed E-state index contributed by atoms with van der Waals surface area (Å²) in [7, 11) is 0. The zero-order valence-corrected chi connectivity index (χ0v) is 11.1. The van der Waals surface area contributed by atoms with E-state index in [9.17, 15) is 9.90 Å². The number of aromatic hydroxyl groups is 1. The van der Waals surface area contributed by atoms with E-state index in [2.05, 4.69) is 15.5 Å². The summed E-state index contributed by atoms with van der Waals surface area (Å²) in [6.45, 7) is 5.88. The Morgan fingerprint density at radius 2 is 2.05 bits per heavy atom. The lowest BCUT2D eigenvalue weighted by Crippen LogP contribution is -2.44. The lowest BCUT2D eigenvalue weighted by Gasteiger charge is -2.27. The second-order valence-corrected chi connectivity index (χ2v) is 4.72. The summed E-state index contributed by atoms with van der Waals surface area (Å²) in [6, 6.07) is 6.60. The largest absolute Gasteiger partial charge is 0.507 e. The minimum atomic E-state index is -0.210. The average Bonchev–Trinajstić information content (AvgIpc) is 2.45. The van der Waals surface area contributed by atoms with E-state index in [1.54, 1.807) is 18.2 Å². The van der Waals surface area contributed by atoms with Gasteiger partial charge in [0, 0.05) is 32.7 Å². The van der Waals surface area contributed by atoms with Gasteiger partial charge in [0.15, 0.2) is 0 Å². The number of hydrogen-bond donors (Lipinski definition) is 3. The summed E-state index contributed by atoms with van der Waals surface area (Å²) in [6.07, 6.45) is 0.930. The van der Waals surface area contributed by atoms with Gasteiger partial charge < -0.3 is 20.6 Å². The van der Waals surface area contributed by atoms with E-state index in [-0.39, 0.29) is 11.7 Å². The highest BCUT2D eigenvalue weighted by atomic mass is 16.3. The van der Waals surface area contributed by atoms with Gasteiger partial charge in [0.25, 0.3) is 5.91 Å². The first-order chi connectivity index (χ1) is 9.27. The number of carbonyl (C=O) groups is 1. The molecular weight excluding hydrogens is 242 g/mol. The van der Waals surface area contributed by atoms with Crippen LogP contribution in [0.3, 0.4) is 0 Å². The Labute approximate surface area is 113 Å². The normalized spacial score (nSPS) is 16.2. The van der Waals surface area contributed by atoms with Gasteiger partial charge in [-0.25, -0.2) is 0 Å². The maximum Gasteiger partial charge on any atom is 0.255 e. The smallest absolute Gasteiger partial charge is 0.255 e. The molecule has 1 amide bonds. The monoisotopic (exact) mass is 263 g/mol. The third kappa shape index (κ3) is 4.22. The zero-order valence-electron chi connectivity index (χ0n) is 11.1. The maximum atomic E-state index is 11.8. The van der Waals surface area contributed by atoms with Gasteiger partial charge >= 0.3 is 0 Å². The molecule has 0 bridgehead atoms. The van der Waals surface area contributed by atoms with E-state index in [4.69, 9.17) is 0 Å². The molecule has 1 heterocycles. The van der Waals surface area contributed by atoms with Crippen LogP contribution in [0.4, 0.5) is 0 Å². The average molecular weight is 263 g/mol. The van der Waals surface area contributed by atoms with Gasteiger partial charge in [0.1, 0.15) is 5.75 Å². The van der Waals surface area contributed by atoms with Gasteiger partial charge in [-0.2, -0.15) is 0 Å². The molecule has 1 aliphatic heterocycles. The highest BCUT2D eigenvalue weighted by Gasteiger charge is 2.11. The molecule has 0 aliphatic carbocycles. The van der Waals surface area contributed by atoms with Crippen LogP contribution >= 0.6 is 0 Å². The molecule has 0 unspecified atom stereocenters. The molecule has 0 spiro atoms. The standard InChI is InChI=1S/C14H21N3O2/c18-13-5-2-1-4-12(13)14(19)16-6-3-9-17-10-7-15-8-11-17/h1-2,4-5,15,18H,3,6-11H2,(H,16,19). The summed E-state index contributed by atoms with van der Waals surface area (Å²) in [5.74, 6) is -0.180. The Bertz CT molecular complexity index is 417. The van der Waals surface area contributed by atoms with Crippen LogP contribution in [0.25, 0.3) is 0 Å². The Morgan fingerprint density at radius 3 is 2.79 bits per heavy atom. The maximum absolute atomic E-state index is 11.8. The Hall–Kier alpha value is -1.59. The molecule has 104 valence electrons. The van der Waals surface area contributed by atoms with Gasteiger partial charge in [-0.1, -0.05) is 12.1 Å². The molecule has 0 radical (unpaired) electrons. The first-order valence-corrected chi connectivity index (χ1v) is 6.76. The van der Waals surface area contributed by atoms with Gasteiger partial charge in [-0.15, -0.1) is 0 Å². The van der Waals surface area contributed by atoms with E-state index in [1.807, 2.05) is 0 Å². The molecule has 1 aromatic carbocycles. The molecule has 5 heteroatoms. The molecule has 0 aromatic heterocycles. The molecular formula is C14H21N3O2. The summed E-state index contributed by atoms with van der Waals surface area (Å²) in [5.41, 5.74) is 0.338. The van der Waals surface area contributed by atoms with Crippen LogP contribution < -0.4 is 10.6 Å².